The number of ether oxygens (including phenoxy) is 2. The predicted molar refractivity (Wildman–Crippen MR) is 132 cm³/mol. The van der Waals surface area contributed by atoms with E-state index in [-0.39, 0.29) is 11.9 Å². The maximum Gasteiger partial charge on any atom is 0.336 e. The van der Waals surface area contributed by atoms with Crippen LogP contribution in [0.1, 0.15) is 18.1 Å². The van der Waals surface area contributed by atoms with Crippen LogP contribution in [0, 0.1) is 6.92 Å². The second-order valence-electron chi connectivity index (χ2n) is 7.75. The molecule has 0 aliphatic heterocycles. The van der Waals surface area contributed by atoms with Crippen LogP contribution >= 0.6 is 0 Å². The van der Waals surface area contributed by atoms with Crippen LogP contribution in [-0.4, -0.2) is 40.5 Å². The van der Waals surface area contributed by atoms with Crippen LogP contribution in [0.5, 0.6) is 6.01 Å². The van der Waals surface area contributed by atoms with Crippen molar-refractivity contribution in [2.75, 3.05) is 25.1 Å². The Balaban J connectivity index is 1.54. The average molecular weight is 457 g/mol. The summed E-state index contributed by atoms with van der Waals surface area (Å²) in [6, 6.07) is 25.5. The molecule has 1 N–H and O–H groups in total. The van der Waals surface area contributed by atoms with E-state index in [0.717, 1.165) is 28.1 Å². The molecule has 0 bridgehead atoms. The molecule has 0 aliphatic rings. The Labute approximate surface area is 199 Å². The van der Waals surface area contributed by atoms with Crippen molar-refractivity contribution in [3.8, 4) is 23.1 Å². The van der Waals surface area contributed by atoms with Gasteiger partial charge in [-0.1, -0.05) is 54.6 Å². The van der Waals surface area contributed by atoms with Gasteiger partial charge in [-0.2, -0.15) is 4.98 Å². The maximum atomic E-state index is 12.4. The van der Waals surface area contributed by atoms with Crippen LogP contribution in [0.25, 0.3) is 17.1 Å². The molecule has 7 nitrogen and oxygen atoms in total. The number of aryl methyl sites for hydroxylation is 1. The van der Waals surface area contributed by atoms with E-state index in [2.05, 4.69) is 15.4 Å². The molecule has 0 aliphatic carbocycles. The highest BCUT2D eigenvalue weighted by Crippen LogP contribution is 2.27. The van der Waals surface area contributed by atoms with E-state index in [1.165, 1.54) is 0 Å². The zero-order valence-electron chi connectivity index (χ0n) is 19.4. The molecule has 0 unspecified atom stereocenters. The van der Waals surface area contributed by atoms with Gasteiger partial charge in [0.1, 0.15) is 6.61 Å². The lowest BCUT2D eigenvalue weighted by Gasteiger charge is -2.09. The van der Waals surface area contributed by atoms with Gasteiger partial charge in [-0.05, 0) is 49.2 Å². The first-order valence-corrected chi connectivity index (χ1v) is 11.3. The van der Waals surface area contributed by atoms with Gasteiger partial charge in [0.25, 0.3) is 0 Å². The lowest BCUT2D eigenvalue weighted by Crippen LogP contribution is -2.14. The highest BCUT2D eigenvalue weighted by atomic mass is 16.5. The van der Waals surface area contributed by atoms with E-state index < -0.39 is 0 Å². The predicted octanol–water partition coefficient (Wildman–Crippen LogP) is 4.84. The molecule has 0 radical (unpaired) electrons. The van der Waals surface area contributed by atoms with Gasteiger partial charge in [-0.3, -0.25) is 4.79 Å². The molecular weight excluding hydrogens is 428 g/mol. The topological polar surface area (TPSA) is 78.3 Å². The largest absolute Gasteiger partial charge is 0.460 e. The summed E-state index contributed by atoms with van der Waals surface area (Å²) >= 11 is 0. The van der Waals surface area contributed by atoms with Crippen LogP contribution in [0.4, 0.5) is 5.69 Å². The standard InChI is InChI=1S/C27H28N4O3/c1-3-33-17-18-34-27-29-26(24-12-8-7-9-20(24)2)31(30-27)23-15-13-22(14-16-23)28-25(32)19-21-10-5-4-6-11-21/h4-16H,3,17-19H2,1-2H3,(H,28,32). The van der Waals surface area contributed by atoms with Gasteiger partial charge in [0.05, 0.1) is 18.7 Å². The second kappa shape index (κ2) is 11.2. The maximum absolute atomic E-state index is 12.4. The Morgan fingerprint density at radius 1 is 0.941 bits per heavy atom. The average Bonchev–Trinajstić information content (AvgIpc) is 3.27. The summed E-state index contributed by atoms with van der Waals surface area (Å²) in [4.78, 5) is 17.0. The zero-order chi connectivity index (χ0) is 23.8. The first-order chi connectivity index (χ1) is 16.6. The molecule has 0 fully saturated rings. The van der Waals surface area contributed by atoms with Gasteiger partial charge in [-0.15, -0.1) is 5.10 Å². The Morgan fingerprint density at radius 2 is 1.68 bits per heavy atom. The minimum Gasteiger partial charge on any atom is -0.460 e. The van der Waals surface area contributed by atoms with Crippen molar-refractivity contribution in [2.45, 2.75) is 20.3 Å². The number of aromatic nitrogens is 3. The van der Waals surface area contributed by atoms with E-state index in [4.69, 9.17) is 9.47 Å². The highest BCUT2D eigenvalue weighted by Gasteiger charge is 2.16. The number of hydrogen-bond acceptors (Lipinski definition) is 5. The molecule has 4 rings (SSSR count). The fraction of sp³-hybridized carbons (Fsp3) is 0.222. The number of rotatable bonds is 10. The molecule has 4 aromatic rings. The summed E-state index contributed by atoms with van der Waals surface area (Å²) < 4.78 is 12.8. The number of carbonyl (C=O) groups is 1. The van der Waals surface area contributed by atoms with Crippen LogP contribution in [0.15, 0.2) is 78.9 Å². The zero-order valence-corrected chi connectivity index (χ0v) is 19.4. The molecule has 34 heavy (non-hydrogen) atoms. The molecule has 174 valence electrons. The van der Waals surface area contributed by atoms with Crippen molar-refractivity contribution in [1.82, 2.24) is 14.8 Å². The number of anilines is 1. The number of nitrogens with zero attached hydrogens (tertiary/aromatic N) is 3. The number of benzene rings is 3. The van der Waals surface area contributed by atoms with Crippen molar-refractivity contribution in [1.29, 1.82) is 0 Å². The van der Waals surface area contributed by atoms with E-state index in [1.807, 2.05) is 92.7 Å². The van der Waals surface area contributed by atoms with Gasteiger partial charge in [-0.25, -0.2) is 4.68 Å². The van der Waals surface area contributed by atoms with Crippen LogP contribution in [-0.2, 0) is 16.0 Å². The Kier molecular flexibility index (Phi) is 7.67. The van der Waals surface area contributed by atoms with Gasteiger partial charge < -0.3 is 14.8 Å². The fourth-order valence-corrected chi connectivity index (χ4v) is 3.54. The third-order valence-corrected chi connectivity index (χ3v) is 5.24. The van der Waals surface area contributed by atoms with E-state index >= 15 is 0 Å². The quantitative estimate of drug-likeness (QED) is 0.346. The third kappa shape index (κ3) is 5.88. The molecule has 1 amide bonds. The first kappa shape index (κ1) is 23.2. The van der Waals surface area contributed by atoms with Crippen LogP contribution in [0.2, 0.25) is 0 Å². The van der Waals surface area contributed by atoms with Gasteiger partial charge in [0, 0.05) is 17.9 Å². The summed E-state index contributed by atoms with van der Waals surface area (Å²) in [6.07, 6.45) is 0.325. The highest BCUT2D eigenvalue weighted by molar-refractivity contribution is 5.92. The molecular formula is C27H28N4O3. The van der Waals surface area contributed by atoms with Crippen molar-refractivity contribution >= 4 is 11.6 Å². The van der Waals surface area contributed by atoms with Crippen LogP contribution < -0.4 is 10.1 Å². The first-order valence-electron chi connectivity index (χ1n) is 11.3. The number of amides is 1. The molecule has 0 spiro atoms. The lowest BCUT2D eigenvalue weighted by atomic mass is 10.1. The van der Waals surface area contributed by atoms with E-state index in [9.17, 15) is 4.79 Å². The number of carbonyl (C=O) groups excluding carboxylic acids is 1. The Hall–Kier alpha value is -3.97. The SMILES string of the molecule is CCOCCOc1nc(-c2ccccc2C)n(-c2ccc(NC(=O)Cc3ccccc3)cc2)n1. The van der Waals surface area contributed by atoms with Crippen molar-refractivity contribution < 1.29 is 14.3 Å². The van der Waals surface area contributed by atoms with Crippen molar-refractivity contribution in [2.24, 2.45) is 0 Å². The molecule has 0 saturated carbocycles. The smallest absolute Gasteiger partial charge is 0.336 e. The molecule has 3 aromatic carbocycles. The monoisotopic (exact) mass is 456 g/mol. The molecule has 0 atom stereocenters. The van der Waals surface area contributed by atoms with Gasteiger partial charge >= 0.3 is 6.01 Å². The molecule has 1 aromatic heterocycles. The fourth-order valence-electron chi connectivity index (χ4n) is 3.54. The normalized spacial score (nSPS) is 10.8. The molecule has 7 heteroatoms. The number of hydrogen-bond donors (Lipinski definition) is 1. The third-order valence-electron chi connectivity index (χ3n) is 5.24. The minimum absolute atomic E-state index is 0.0645. The summed E-state index contributed by atoms with van der Waals surface area (Å²) in [5, 5.41) is 7.53. The number of nitrogens with one attached hydrogen (secondary N) is 1. The van der Waals surface area contributed by atoms with E-state index in [1.54, 1.807) is 4.68 Å². The van der Waals surface area contributed by atoms with E-state index in [0.29, 0.717) is 32.1 Å². The molecule has 1 heterocycles. The van der Waals surface area contributed by atoms with Gasteiger partial charge in [0.15, 0.2) is 5.82 Å². The van der Waals surface area contributed by atoms with Crippen LogP contribution in [0.3, 0.4) is 0 Å². The summed E-state index contributed by atoms with van der Waals surface area (Å²) in [7, 11) is 0. The Morgan fingerprint density at radius 3 is 2.41 bits per heavy atom. The van der Waals surface area contributed by atoms with Crippen molar-refractivity contribution in [3.63, 3.8) is 0 Å². The second-order valence-corrected chi connectivity index (χ2v) is 7.75. The summed E-state index contributed by atoms with van der Waals surface area (Å²) in [6.45, 7) is 5.46. The lowest BCUT2D eigenvalue weighted by molar-refractivity contribution is -0.115. The summed E-state index contributed by atoms with van der Waals surface area (Å²) in [5.41, 5.74) is 4.55. The Bertz CT molecular complexity index is 1220. The summed E-state index contributed by atoms with van der Waals surface area (Å²) in [5.74, 6) is 0.621. The van der Waals surface area contributed by atoms with Crippen molar-refractivity contribution in [3.05, 3.63) is 90.0 Å². The minimum atomic E-state index is -0.0645. The van der Waals surface area contributed by atoms with Gasteiger partial charge in [0.2, 0.25) is 5.91 Å². The molecule has 0 saturated heterocycles.